The Balaban J connectivity index is 1.88. The minimum atomic E-state index is 0.0931. The van der Waals surface area contributed by atoms with Gasteiger partial charge in [-0.2, -0.15) is 0 Å². The van der Waals surface area contributed by atoms with E-state index in [1.807, 2.05) is 12.1 Å². The van der Waals surface area contributed by atoms with Crippen molar-refractivity contribution in [3.8, 4) is 0 Å². The second kappa shape index (κ2) is 6.02. The fourth-order valence-corrected chi connectivity index (χ4v) is 3.88. The van der Waals surface area contributed by atoms with Crippen molar-refractivity contribution in [3.05, 3.63) is 34.9 Å². The van der Waals surface area contributed by atoms with Crippen molar-refractivity contribution in [1.29, 1.82) is 0 Å². The molecule has 0 amide bonds. The Morgan fingerprint density at radius 2 is 2.05 bits per heavy atom. The van der Waals surface area contributed by atoms with Crippen molar-refractivity contribution < 1.29 is 4.74 Å². The Morgan fingerprint density at radius 1 is 1.30 bits per heavy atom. The van der Waals surface area contributed by atoms with Crippen LogP contribution in [0.2, 0.25) is 5.02 Å². The zero-order valence-electron chi connectivity index (χ0n) is 12.0. The maximum Gasteiger partial charge on any atom is 0.0731 e. The highest BCUT2D eigenvalue weighted by atomic mass is 35.5. The lowest BCUT2D eigenvalue weighted by Gasteiger charge is -2.44. The number of rotatable bonds is 3. The molecule has 4 unspecified atom stereocenters. The van der Waals surface area contributed by atoms with E-state index in [0.717, 1.165) is 18.2 Å². The molecule has 1 saturated carbocycles. The first-order valence-corrected chi connectivity index (χ1v) is 7.93. The Hall–Kier alpha value is -0.610. The van der Waals surface area contributed by atoms with E-state index in [9.17, 15) is 0 Å². The predicted octanol–water partition coefficient (Wildman–Crippen LogP) is 2.98. The largest absolute Gasteiger partial charge is 0.375 e. The molecule has 0 aromatic heterocycles. The van der Waals surface area contributed by atoms with Gasteiger partial charge < -0.3 is 10.5 Å². The van der Waals surface area contributed by atoms with Crippen molar-refractivity contribution in [3.63, 3.8) is 0 Å². The molecule has 4 heteroatoms. The van der Waals surface area contributed by atoms with Crippen LogP contribution < -0.4 is 5.73 Å². The van der Waals surface area contributed by atoms with Crippen molar-refractivity contribution in [1.82, 2.24) is 4.90 Å². The van der Waals surface area contributed by atoms with E-state index in [-0.39, 0.29) is 12.1 Å². The van der Waals surface area contributed by atoms with Gasteiger partial charge in [0.05, 0.1) is 18.8 Å². The molecular weight excluding hydrogens is 272 g/mol. The first-order valence-electron chi connectivity index (χ1n) is 7.55. The number of morpholine rings is 1. The van der Waals surface area contributed by atoms with Crippen LogP contribution in [0, 0.1) is 0 Å². The zero-order chi connectivity index (χ0) is 14.1. The minimum Gasteiger partial charge on any atom is -0.375 e. The van der Waals surface area contributed by atoms with E-state index in [1.165, 1.54) is 24.8 Å². The van der Waals surface area contributed by atoms with E-state index in [1.54, 1.807) is 0 Å². The van der Waals surface area contributed by atoms with Crippen LogP contribution in [-0.2, 0) is 4.74 Å². The van der Waals surface area contributed by atoms with Gasteiger partial charge in [0.25, 0.3) is 0 Å². The summed E-state index contributed by atoms with van der Waals surface area (Å²) in [4.78, 5) is 2.56. The maximum absolute atomic E-state index is 6.30. The van der Waals surface area contributed by atoms with Crippen LogP contribution in [0.1, 0.15) is 37.8 Å². The summed E-state index contributed by atoms with van der Waals surface area (Å²) in [6, 6.07) is 9.00. The topological polar surface area (TPSA) is 38.5 Å². The van der Waals surface area contributed by atoms with Crippen LogP contribution in [-0.4, -0.2) is 36.2 Å². The van der Waals surface area contributed by atoms with E-state index in [2.05, 4.69) is 24.0 Å². The van der Waals surface area contributed by atoms with Crippen molar-refractivity contribution >= 4 is 11.6 Å². The number of ether oxygens (including phenoxy) is 1. The Bertz CT molecular complexity index is 448. The summed E-state index contributed by atoms with van der Waals surface area (Å²) < 4.78 is 5.91. The lowest BCUT2D eigenvalue weighted by atomic mass is 9.96. The number of nitrogens with two attached hydrogens (primary N) is 1. The highest BCUT2D eigenvalue weighted by Crippen LogP contribution is 2.36. The average molecular weight is 295 g/mol. The summed E-state index contributed by atoms with van der Waals surface area (Å²) in [6.45, 7) is 3.88. The molecule has 2 N–H and O–H groups in total. The van der Waals surface area contributed by atoms with Crippen LogP contribution in [0.5, 0.6) is 0 Å². The molecule has 110 valence electrons. The lowest BCUT2D eigenvalue weighted by molar-refractivity contribution is -0.0753. The van der Waals surface area contributed by atoms with E-state index in [0.29, 0.717) is 12.1 Å². The van der Waals surface area contributed by atoms with Crippen LogP contribution in [0.15, 0.2) is 24.3 Å². The second-order valence-electron chi connectivity index (χ2n) is 6.00. The molecule has 4 atom stereocenters. The monoisotopic (exact) mass is 294 g/mol. The van der Waals surface area contributed by atoms with Gasteiger partial charge in [0.2, 0.25) is 0 Å². The molecule has 0 bridgehead atoms. The molecule has 0 radical (unpaired) electrons. The molecule has 20 heavy (non-hydrogen) atoms. The first kappa shape index (κ1) is 14.3. The smallest absolute Gasteiger partial charge is 0.0731 e. The minimum absolute atomic E-state index is 0.0931. The predicted molar refractivity (Wildman–Crippen MR) is 81.9 cm³/mol. The molecular formula is C16H23ClN2O. The third-order valence-electron chi connectivity index (χ3n) is 4.59. The van der Waals surface area contributed by atoms with Gasteiger partial charge in [-0.3, -0.25) is 4.90 Å². The quantitative estimate of drug-likeness (QED) is 0.931. The van der Waals surface area contributed by atoms with Gasteiger partial charge in [-0.05, 0) is 43.9 Å². The second-order valence-corrected chi connectivity index (χ2v) is 6.44. The average Bonchev–Trinajstić information content (AvgIpc) is 2.90. The van der Waals surface area contributed by atoms with Gasteiger partial charge in [-0.25, -0.2) is 0 Å². The number of hydrogen-bond donors (Lipinski definition) is 1. The fourth-order valence-electron chi connectivity index (χ4n) is 3.76. The number of benzene rings is 1. The van der Waals surface area contributed by atoms with E-state index >= 15 is 0 Å². The Kier molecular flexibility index (Phi) is 4.32. The number of nitrogens with zero attached hydrogens (tertiary/aromatic N) is 1. The molecule has 1 aromatic carbocycles. The number of fused-ring (bicyclic) bond motifs is 1. The number of halogens is 1. The highest BCUT2D eigenvalue weighted by molar-refractivity contribution is 6.30. The third kappa shape index (κ3) is 2.73. The SMILES string of the molecule is CC(N)C(c1ccc(Cl)cc1)N1CCOC2CCCC21. The van der Waals surface area contributed by atoms with E-state index in [4.69, 9.17) is 22.1 Å². The zero-order valence-corrected chi connectivity index (χ0v) is 12.7. The molecule has 3 nitrogen and oxygen atoms in total. The third-order valence-corrected chi connectivity index (χ3v) is 4.84. The van der Waals surface area contributed by atoms with Crippen molar-refractivity contribution in [2.24, 2.45) is 5.73 Å². The van der Waals surface area contributed by atoms with Crippen molar-refractivity contribution in [2.75, 3.05) is 13.2 Å². The van der Waals surface area contributed by atoms with Gasteiger partial charge in [0.15, 0.2) is 0 Å². The normalized spacial score (nSPS) is 29.9. The first-order chi connectivity index (χ1) is 9.66. The molecule has 1 heterocycles. The molecule has 1 saturated heterocycles. The highest BCUT2D eigenvalue weighted by Gasteiger charge is 2.40. The van der Waals surface area contributed by atoms with Gasteiger partial charge in [0.1, 0.15) is 0 Å². The molecule has 2 aliphatic rings. The van der Waals surface area contributed by atoms with Crippen LogP contribution >= 0.6 is 11.6 Å². The molecule has 0 spiro atoms. The molecule has 2 fully saturated rings. The van der Waals surface area contributed by atoms with Gasteiger partial charge in [0, 0.05) is 23.7 Å². The van der Waals surface area contributed by atoms with Crippen molar-refractivity contribution in [2.45, 2.75) is 50.4 Å². The van der Waals surface area contributed by atoms with Gasteiger partial charge in [-0.15, -0.1) is 0 Å². The molecule has 1 aromatic rings. The number of hydrogen-bond acceptors (Lipinski definition) is 3. The van der Waals surface area contributed by atoms with Crippen LogP contribution in [0.3, 0.4) is 0 Å². The standard InChI is InChI=1S/C16H23ClN2O/c1-11(18)16(12-5-7-13(17)8-6-12)19-9-10-20-15-4-2-3-14(15)19/h5-8,11,14-16H,2-4,9-10,18H2,1H3. The fraction of sp³-hybridized carbons (Fsp3) is 0.625. The Morgan fingerprint density at radius 3 is 2.75 bits per heavy atom. The summed E-state index contributed by atoms with van der Waals surface area (Å²) in [6.07, 6.45) is 4.07. The molecule has 1 aliphatic heterocycles. The van der Waals surface area contributed by atoms with Crippen LogP contribution in [0.25, 0.3) is 0 Å². The lowest BCUT2D eigenvalue weighted by Crippen LogP contribution is -2.53. The van der Waals surface area contributed by atoms with Gasteiger partial charge in [-0.1, -0.05) is 23.7 Å². The maximum atomic E-state index is 6.30. The summed E-state index contributed by atoms with van der Waals surface area (Å²) in [5.74, 6) is 0. The van der Waals surface area contributed by atoms with Crippen LogP contribution in [0.4, 0.5) is 0 Å². The summed E-state index contributed by atoms with van der Waals surface area (Å²) in [5.41, 5.74) is 7.57. The summed E-state index contributed by atoms with van der Waals surface area (Å²) in [5, 5.41) is 0.776. The van der Waals surface area contributed by atoms with Gasteiger partial charge >= 0.3 is 0 Å². The van der Waals surface area contributed by atoms with E-state index < -0.39 is 0 Å². The molecule has 3 rings (SSSR count). The molecule has 1 aliphatic carbocycles. The summed E-state index contributed by atoms with van der Waals surface area (Å²) >= 11 is 6.01. The summed E-state index contributed by atoms with van der Waals surface area (Å²) in [7, 11) is 0. The Labute approximate surface area is 126 Å².